The van der Waals surface area contributed by atoms with Gasteiger partial charge in [-0.05, 0) is 42.7 Å². The van der Waals surface area contributed by atoms with Gasteiger partial charge in [0.25, 0.3) is 5.91 Å². The van der Waals surface area contributed by atoms with E-state index in [0.717, 1.165) is 18.9 Å². The van der Waals surface area contributed by atoms with Crippen LogP contribution < -0.4 is 15.8 Å². The molecular formula is C23H20ClF3N8O2. The largest absolute Gasteiger partial charge is 0.439 e. The van der Waals surface area contributed by atoms with Crippen molar-refractivity contribution in [1.29, 1.82) is 0 Å². The molecular weight excluding hydrogens is 513 g/mol. The van der Waals surface area contributed by atoms with E-state index >= 15 is 0 Å². The summed E-state index contributed by atoms with van der Waals surface area (Å²) in [5.41, 5.74) is 5.08. The number of anilines is 1. The highest BCUT2D eigenvalue weighted by atomic mass is 35.5. The van der Waals surface area contributed by atoms with E-state index in [9.17, 15) is 18.0 Å². The van der Waals surface area contributed by atoms with Crippen molar-refractivity contribution < 1.29 is 22.7 Å². The molecule has 5 rings (SSSR count). The molecule has 1 saturated carbocycles. The summed E-state index contributed by atoms with van der Waals surface area (Å²) < 4.78 is 46.9. The Kier molecular flexibility index (Phi) is 7.36. The fourth-order valence-corrected chi connectivity index (χ4v) is 3.45. The van der Waals surface area contributed by atoms with Crippen molar-refractivity contribution >= 4 is 24.1 Å². The molecule has 4 heterocycles. The van der Waals surface area contributed by atoms with Crippen LogP contribution in [0.15, 0.2) is 55.0 Å². The Balaban J connectivity index is 0.00000320. The Hall–Kier alpha value is -4.10. The number of pyridine rings is 3. The van der Waals surface area contributed by atoms with Crippen LogP contribution in [0.5, 0.6) is 11.6 Å². The number of aromatic nitrogens is 6. The molecule has 0 radical (unpaired) electrons. The third-order valence-electron chi connectivity index (χ3n) is 5.31. The number of rotatable bonds is 7. The number of amides is 1. The van der Waals surface area contributed by atoms with Crippen molar-refractivity contribution in [3.8, 4) is 23.1 Å². The van der Waals surface area contributed by atoms with Crippen molar-refractivity contribution in [3.05, 3.63) is 71.9 Å². The van der Waals surface area contributed by atoms with Gasteiger partial charge in [-0.15, -0.1) is 22.6 Å². The first-order valence-corrected chi connectivity index (χ1v) is 10.9. The van der Waals surface area contributed by atoms with Crippen LogP contribution in [0.25, 0.3) is 11.5 Å². The summed E-state index contributed by atoms with van der Waals surface area (Å²) in [6.07, 6.45) is 0.388. The number of ether oxygens (including phenoxy) is 1. The standard InChI is InChI=1S/C23H19F3N8O2.ClH/c24-23(25,26)18-8-13(11-27)9-20(31-18)36-15-6-7-28-17(10-15)22(35)32-19-3-1-2-16(30-19)21-33-29-12-34(21)14-4-5-14;/h1-3,6-10,12,14H,4-5,11,27H2,(H,30,32,35);1H. The lowest BCUT2D eigenvalue weighted by atomic mass is 10.2. The topological polar surface area (TPSA) is 134 Å². The van der Waals surface area contributed by atoms with Crippen LogP contribution in [0, 0.1) is 0 Å². The molecule has 1 aliphatic carbocycles. The third-order valence-corrected chi connectivity index (χ3v) is 5.31. The van der Waals surface area contributed by atoms with E-state index in [0.29, 0.717) is 17.6 Å². The Labute approximate surface area is 214 Å². The van der Waals surface area contributed by atoms with Crippen LogP contribution in [0.4, 0.5) is 19.0 Å². The Morgan fingerprint density at radius 2 is 1.97 bits per heavy atom. The highest BCUT2D eigenvalue weighted by Crippen LogP contribution is 2.37. The first-order valence-electron chi connectivity index (χ1n) is 10.9. The molecule has 1 fully saturated rings. The molecule has 1 aliphatic rings. The van der Waals surface area contributed by atoms with E-state index in [-0.39, 0.29) is 47.7 Å². The molecule has 0 aliphatic heterocycles. The smallest absolute Gasteiger partial charge is 0.433 e. The average molecular weight is 533 g/mol. The molecule has 0 aromatic carbocycles. The maximum Gasteiger partial charge on any atom is 0.433 e. The van der Waals surface area contributed by atoms with Crippen LogP contribution in [0.1, 0.15) is 40.6 Å². The van der Waals surface area contributed by atoms with E-state index in [1.807, 2.05) is 4.57 Å². The summed E-state index contributed by atoms with van der Waals surface area (Å²) in [5, 5.41) is 10.8. The number of hydrogen-bond donors (Lipinski definition) is 2. The minimum atomic E-state index is -4.67. The van der Waals surface area contributed by atoms with Crippen LogP contribution in [0.2, 0.25) is 0 Å². The minimum Gasteiger partial charge on any atom is -0.439 e. The van der Waals surface area contributed by atoms with Gasteiger partial charge >= 0.3 is 6.18 Å². The first-order chi connectivity index (χ1) is 17.3. The van der Waals surface area contributed by atoms with Gasteiger partial charge in [-0.1, -0.05) is 6.07 Å². The number of nitrogens with one attached hydrogen (secondary N) is 1. The number of alkyl halides is 3. The fourth-order valence-electron chi connectivity index (χ4n) is 3.45. The number of halogens is 4. The van der Waals surface area contributed by atoms with Crippen molar-refractivity contribution in [2.45, 2.75) is 31.6 Å². The molecule has 1 amide bonds. The van der Waals surface area contributed by atoms with E-state index in [1.165, 1.54) is 24.4 Å². The van der Waals surface area contributed by atoms with Gasteiger partial charge in [-0.3, -0.25) is 9.78 Å². The molecule has 192 valence electrons. The quantitative estimate of drug-likeness (QED) is 0.357. The number of nitrogens with two attached hydrogens (primary N) is 1. The van der Waals surface area contributed by atoms with Crippen LogP contribution >= 0.6 is 12.4 Å². The maximum atomic E-state index is 13.1. The SMILES string of the molecule is Cl.NCc1cc(Oc2ccnc(C(=O)Nc3cccc(-c4nncn4C4CC4)n3)c2)nc(C(F)(F)F)c1. The second-order valence-corrected chi connectivity index (χ2v) is 8.03. The number of nitrogens with zero attached hydrogens (tertiary/aromatic N) is 6. The molecule has 4 aromatic heterocycles. The molecule has 0 saturated heterocycles. The maximum absolute atomic E-state index is 13.1. The Morgan fingerprint density at radius 1 is 1.16 bits per heavy atom. The highest BCUT2D eigenvalue weighted by Gasteiger charge is 2.33. The molecule has 14 heteroatoms. The number of carbonyl (C=O) groups is 1. The zero-order valence-corrected chi connectivity index (χ0v) is 19.8. The highest BCUT2D eigenvalue weighted by molar-refractivity contribution is 6.02. The van der Waals surface area contributed by atoms with Crippen LogP contribution in [-0.4, -0.2) is 35.6 Å². The second-order valence-electron chi connectivity index (χ2n) is 8.03. The van der Waals surface area contributed by atoms with Gasteiger partial charge in [0.05, 0.1) is 0 Å². The predicted molar refractivity (Wildman–Crippen MR) is 128 cm³/mol. The minimum absolute atomic E-state index is 0. The summed E-state index contributed by atoms with van der Waals surface area (Å²) >= 11 is 0. The first kappa shape index (κ1) is 26.0. The molecule has 37 heavy (non-hydrogen) atoms. The zero-order valence-electron chi connectivity index (χ0n) is 19.0. The van der Waals surface area contributed by atoms with E-state index in [2.05, 4.69) is 30.5 Å². The number of hydrogen-bond acceptors (Lipinski definition) is 8. The molecule has 0 bridgehead atoms. The lowest BCUT2D eigenvalue weighted by Crippen LogP contribution is -2.15. The van der Waals surface area contributed by atoms with Gasteiger partial charge in [0.15, 0.2) is 5.82 Å². The zero-order chi connectivity index (χ0) is 25.3. The third kappa shape index (κ3) is 6.01. The molecule has 0 atom stereocenters. The lowest BCUT2D eigenvalue weighted by molar-refractivity contribution is -0.141. The fraction of sp³-hybridized carbons (Fsp3) is 0.217. The monoisotopic (exact) mass is 532 g/mol. The van der Waals surface area contributed by atoms with E-state index < -0.39 is 17.8 Å². The van der Waals surface area contributed by atoms with Gasteiger partial charge in [0.1, 0.15) is 35.0 Å². The van der Waals surface area contributed by atoms with Gasteiger partial charge in [0.2, 0.25) is 5.88 Å². The Bertz CT molecular complexity index is 1430. The van der Waals surface area contributed by atoms with Gasteiger partial charge < -0.3 is 20.4 Å². The predicted octanol–water partition coefficient (Wildman–Crippen LogP) is 4.41. The molecule has 0 unspecified atom stereocenters. The van der Waals surface area contributed by atoms with Crippen molar-refractivity contribution in [2.75, 3.05) is 5.32 Å². The lowest BCUT2D eigenvalue weighted by Gasteiger charge is -2.12. The van der Waals surface area contributed by atoms with Crippen molar-refractivity contribution in [3.63, 3.8) is 0 Å². The van der Waals surface area contributed by atoms with Crippen LogP contribution in [-0.2, 0) is 12.7 Å². The number of carbonyl (C=O) groups excluding carboxylic acids is 1. The molecule has 10 nitrogen and oxygen atoms in total. The summed E-state index contributed by atoms with van der Waals surface area (Å²) in [4.78, 5) is 24.8. The van der Waals surface area contributed by atoms with E-state index in [4.69, 9.17) is 10.5 Å². The summed E-state index contributed by atoms with van der Waals surface area (Å²) in [6, 6.07) is 10.3. The van der Waals surface area contributed by atoms with Gasteiger partial charge in [-0.25, -0.2) is 9.97 Å². The van der Waals surface area contributed by atoms with Gasteiger partial charge in [-0.2, -0.15) is 13.2 Å². The normalized spacial score (nSPS) is 13.1. The average Bonchev–Trinajstić information content (AvgIpc) is 3.59. The summed E-state index contributed by atoms with van der Waals surface area (Å²) in [7, 11) is 0. The van der Waals surface area contributed by atoms with Gasteiger partial charge in [0, 0.05) is 30.9 Å². The molecule has 4 aromatic rings. The second kappa shape index (κ2) is 10.5. The van der Waals surface area contributed by atoms with E-state index in [1.54, 1.807) is 24.5 Å². The summed E-state index contributed by atoms with van der Waals surface area (Å²) in [5.74, 6) is 0.0465. The summed E-state index contributed by atoms with van der Waals surface area (Å²) in [6.45, 7) is -0.130. The molecule has 0 spiro atoms. The van der Waals surface area contributed by atoms with Crippen molar-refractivity contribution in [2.24, 2.45) is 5.73 Å². The Morgan fingerprint density at radius 3 is 2.70 bits per heavy atom. The van der Waals surface area contributed by atoms with Crippen LogP contribution in [0.3, 0.4) is 0 Å². The van der Waals surface area contributed by atoms with Crippen molar-refractivity contribution in [1.82, 2.24) is 29.7 Å². The molecule has 3 N–H and O–H groups in total.